The molecule has 1 atom stereocenters. The van der Waals surface area contributed by atoms with Crippen LogP contribution in [0.25, 0.3) is 22.2 Å². The number of methoxy groups -OCH3 is 1. The van der Waals surface area contributed by atoms with Crippen LogP contribution >= 0.6 is 11.6 Å². The average molecular weight is 536 g/mol. The summed E-state index contributed by atoms with van der Waals surface area (Å²) in [7, 11) is 7.69. The van der Waals surface area contributed by atoms with E-state index in [0.717, 1.165) is 47.4 Å². The minimum absolute atomic E-state index is 0.298. The molecule has 0 radical (unpaired) electrons. The van der Waals surface area contributed by atoms with Gasteiger partial charge in [-0.15, -0.1) is 11.6 Å². The lowest BCUT2D eigenvalue weighted by Crippen LogP contribution is -2.22. The van der Waals surface area contributed by atoms with Crippen LogP contribution in [0.1, 0.15) is 13.3 Å². The van der Waals surface area contributed by atoms with E-state index >= 15 is 0 Å². The molecule has 2 heterocycles. The molecule has 0 aliphatic heterocycles. The fraction of sp³-hybridized carbons (Fsp3) is 0.321. The molecule has 0 unspecified atom stereocenters. The largest absolute Gasteiger partial charge is 0.494 e. The molecule has 4 aromatic rings. The highest BCUT2D eigenvalue weighted by Gasteiger charge is 2.17. The van der Waals surface area contributed by atoms with Crippen LogP contribution < -0.4 is 20.7 Å². The highest BCUT2D eigenvalue weighted by molar-refractivity contribution is 6.32. The van der Waals surface area contributed by atoms with Gasteiger partial charge in [0.2, 0.25) is 11.9 Å². The molecule has 0 spiro atoms. The Morgan fingerprint density at radius 2 is 1.95 bits per heavy atom. The highest BCUT2D eigenvalue weighted by Crippen LogP contribution is 2.37. The van der Waals surface area contributed by atoms with E-state index in [0.29, 0.717) is 23.1 Å². The van der Waals surface area contributed by atoms with Crippen LogP contribution in [0.15, 0.2) is 54.9 Å². The van der Waals surface area contributed by atoms with Gasteiger partial charge in [0.15, 0.2) is 0 Å². The number of rotatable bonds is 11. The highest BCUT2D eigenvalue weighted by atomic mass is 35.5. The molecule has 0 saturated carbocycles. The first kappa shape index (κ1) is 27.2. The molecule has 0 fully saturated rings. The number of hydrogen-bond donors (Lipinski definition) is 3. The van der Waals surface area contributed by atoms with E-state index in [1.54, 1.807) is 26.3 Å². The molecule has 38 heavy (non-hydrogen) atoms. The van der Waals surface area contributed by atoms with Gasteiger partial charge in [0.25, 0.3) is 0 Å². The molecular formula is C28H34ClN7O2. The van der Waals surface area contributed by atoms with E-state index in [9.17, 15) is 4.79 Å². The predicted molar refractivity (Wildman–Crippen MR) is 156 cm³/mol. The monoisotopic (exact) mass is 535 g/mol. The summed E-state index contributed by atoms with van der Waals surface area (Å²) in [4.78, 5) is 23.8. The van der Waals surface area contributed by atoms with Gasteiger partial charge in [-0.05, 0) is 52.2 Å². The molecule has 1 amide bonds. The number of nitrogens with one attached hydrogen (secondary N) is 3. The summed E-state index contributed by atoms with van der Waals surface area (Å²) in [5, 5.41) is 10.0. The molecule has 200 valence electrons. The Morgan fingerprint density at radius 3 is 2.68 bits per heavy atom. The van der Waals surface area contributed by atoms with Gasteiger partial charge in [0.1, 0.15) is 11.1 Å². The van der Waals surface area contributed by atoms with Crippen molar-refractivity contribution in [1.82, 2.24) is 19.4 Å². The molecule has 0 aliphatic rings. The van der Waals surface area contributed by atoms with Gasteiger partial charge in [-0.2, -0.15) is 0 Å². The molecule has 0 aliphatic carbocycles. The molecule has 2 aromatic carbocycles. The standard InChI is InChI=1S/C28H34ClN7O2/c1-18(29)27(37)32-23-15-24(26(38-5)16-22(23)30-12-8-14-35(2)3)34-28-31-13-11-21(33-28)20-17-36(4)25-10-7-6-9-19(20)25/h6-7,9-11,13,15-18,30H,8,12,14H2,1-5H3,(H,32,37)(H,31,33,34)/t18-/m1/s1. The second kappa shape index (κ2) is 12.1. The van der Waals surface area contributed by atoms with Crippen LogP contribution in [0.4, 0.5) is 23.0 Å². The molecule has 2 aromatic heterocycles. The number of ether oxygens (including phenoxy) is 1. The van der Waals surface area contributed by atoms with Crippen molar-refractivity contribution < 1.29 is 9.53 Å². The summed E-state index contributed by atoms with van der Waals surface area (Å²) in [6, 6.07) is 13.7. The third kappa shape index (κ3) is 6.35. The molecule has 3 N–H and O–H groups in total. The fourth-order valence-corrected chi connectivity index (χ4v) is 4.24. The smallest absolute Gasteiger partial charge is 0.242 e. The average Bonchev–Trinajstić information content (AvgIpc) is 3.24. The maximum atomic E-state index is 12.5. The molecule has 4 rings (SSSR count). The second-order valence-corrected chi connectivity index (χ2v) is 10.0. The first-order valence-electron chi connectivity index (χ1n) is 12.5. The number of amides is 1. The van der Waals surface area contributed by atoms with Crippen molar-refractivity contribution in [3.05, 3.63) is 54.9 Å². The number of halogens is 1. The summed E-state index contributed by atoms with van der Waals surface area (Å²) in [5.41, 5.74) is 4.87. The Hall–Kier alpha value is -3.82. The van der Waals surface area contributed by atoms with Crippen LogP contribution in [-0.4, -0.2) is 65.0 Å². The van der Waals surface area contributed by atoms with Crippen LogP contribution in [-0.2, 0) is 11.8 Å². The number of aryl methyl sites for hydroxylation is 1. The lowest BCUT2D eigenvalue weighted by Gasteiger charge is -2.19. The summed E-state index contributed by atoms with van der Waals surface area (Å²) in [5.74, 6) is 0.688. The van der Waals surface area contributed by atoms with Crippen molar-refractivity contribution in [2.24, 2.45) is 7.05 Å². The SMILES string of the molecule is COc1cc(NCCCN(C)C)c(NC(=O)[C@@H](C)Cl)cc1Nc1nccc(-c2cn(C)c3ccccc23)n1. The summed E-state index contributed by atoms with van der Waals surface area (Å²) in [6.07, 6.45) is 4.72. The molecule has 0 saturated heterocycles. The van der Waals surface area contributed by atoms with E-state index in [4.69, 9.17) is 21.3 Å². The number of aromatic nitrogens is 3. The van der Waals surface area contributed by atoms with Crippen LogP contribution in [0.5, 0.6) is 5.75 Å². The quantitative estimate of drug-likeness (QED) is 0.177. The summed E-state index contributed by atoms with van der Waals surface area (Å²) >= 11 is 6.04. The van der Waals surface area contributed by atoms with Gasteiger partial charge >= 0.3 is 0 Å². The lowest BCUT2D eigenvalue weighted by atomic mass is 10.1. The molecule has 10 heteroatoms. The summed E-state index contributed by atoms with van der Waals surface area (Å²) in [6.45, 7) is 3.30. The zero-order chi connectivity index (χ0) is 27.2. The van der Waals surface area contributed by atoms with Crippen LogP contribution in [0.2, 0.25) is 0 Å². The van der Waals surface area contributed by atoms with Crippen molar-refractivity contribution in [2.75, 3.05) is 50.2 Å². The number of carbonyl (C=O) groups excluding carboxylic acids is 1. The molecule has 0 bridgehead atoms. The summed E-state index contributed by atoms with van der Waals surface area (Å²) < 4.78 is 7.76. The van der Waals surface area contributed by atoms with Crippen LogP contribution in [0.3, 0.4) is 0 Å². The van der Waals surface area contributed by atoms with E-state index in [-0.39, 0.29) is 5.91 Å². The topological polar surface area (TPSA) is 96.3 Å². The first-order valence-corrected chi connectivity index (χ1v) is 12.9. The number of hydrogen-bond acceptors (Lipinski definition) is 7. The maximum absolute atomic E-state index is 12.5. The van der Waals surface area contributed by atoms with E-state index in [1.807, 2.05) is 45.4 Å². The van der Waals surface area contributed by atoms with Gasteiger partial charge in [-0.25, -0.2) is 9.97 Å². The van der Waals surface area contributed by atoms with Crippen molar-refractivity contribution >= 4 is 51.4 Å². The number of benzene rings is 2. The van der Waals surface area contributed by atoms with Crippen molar-refractivity contribution in [2.45, 2.75) is 18.7 Å². The van der Waals surface area contributed by atoms with Crippen molar-refractivity contribution in [3.63, 3.8) is 0 Å². The van der Waals surface area contributed by atoms with E-state index < -0.39 is 5.38 Å². The minimum atomic E-state index is -0.684. The zero-order valence-electron chi connectivity index (χ0n) is 22.4. The number of para-hydroxylation sites is 1. The second-order valence-electron chi connectivity index (χ2n) is 9.35. The zero-order valence-corrected chi connectivity index (χ0v) is 23.1. The predicted octanol–water partition coefficient (Wildman–Crippen LogP) is 5.32. The van der Waals surface area contributed by atoms with Gasteiger partial charge < -0.3 is 30.2 Å². The third-order valence-corrected chi connectivity index (χ3v) is 6.33. The number of alkyl halides is 1. The third-order valence-electron chi connectivity index (χ3n) is 6.13. The lowest BCUT2D eigenvalue weighted by molar-refractivity contribution is -0.115. The van der Waals surface area contributed by atoms with E-state index in [1.165, 1.54) is 0 Å². The van der Waals surface area contributed by atoms with E-state index in [2.05, 4.69) is 48.7 Å². The normalized spacial score (nSPS) is 12.0. The molecule has 9 nitrogen and oxygen atoms in total. The Morgan fingerprint density at radius 1 is 1.16 bits per heavy atom. The number of carbonyl (C=O) groups is 1. The van der Waals surface area contributed by atoms with Crippen molar-refractivity contribution in [1.29, 1.82) is 0 Å². The number of nitrogens with zero attached hydrogens (tertiary/aromatic N) is 4. The van der Waals surface area contributed by atoms with Gasteiger partial charge in [0, 0.05) is 48.5 Å². The van der Waals surface area contributed by atoms with Gasteiger partial charge in [0.05, 0.1) is 29.9 Å². The first-order chi connectivity index (χ1) is 18.3. The Bertz CT molecular complexity index is 1420. The van der Waals surface area contributed by atoms with Gasteiger partial charge in [-0.1, -0.05) is 18.2 Å². The Labute approximate surface area is 228 Å². The minimum Gasteiger partial charge on any atom is -0.494 e. The van der Waals surface area contributed by atoms with Crippen LogP contribution in [0, 0.1) is 0 Å². The Balaban J connectivity index is 1.65. The number of fused-ring (bicyclic) bond motifs is 1. The number of anilines is 4. The maximum Gasteiger partial charge on any atom is 0.242 e. The Kier molecular flexibility index (Phi) is 8.70. The van der Waals surface area contributed by atoms with Gasteiger partial charge in [-0.3, -0.25) is 4.79 Å². The fourth-order valence-electron chi connectivity index (χ4n) is 4.18. The molecular weight excluding hydrogens is 502 g/mol. The van der Waals surface area contributed by atoms with Crippen molar-refractivity contribution in [3.8, 4) is 17.0 Å².